The van der Waals surface area contributed by atoms with Crippen LogP contribution in [0.1, 0.15) is 73.7 Å². The van der Waals surface area contributed by atoms with Gasteiger partial charge in [-0.1, -0.05) is 46.5 Å². The fraction of sp³-hybridized carbons (Fsp3) is 0.514. The van der Waals surface area contributed by atoms with Gasteiger partial charge < -0.3 is 26.2 Å². The number of carbonyl (C=O) groups excluding carboxylic acids is 3. The molecule has 0 radical (unpaired) electrons. The average Bonchev–Trinajstić information content (AvgIpc) is 2.94. The highest BCUT2D eigenvalue weighted by Crippen LogP contribution is 2.65. The number of hydrogen-bond donors (Lipinski definition) is 5. The highest BCUT2D eigenvalue weighted by atomic mass is 32.2. The maximum Gasteiger partial charge on any atom is 0.230 e. The highest BCUT2D eigenvalue weighted by molar-refractivity contribution is 7.98. The van der Waals surface area contributed by atoms with Gasteiger partial charge in [0.2, 0.25) is 5.91 Å². The van der Waals surface area contributed by atoms with E-state index in [4.69, 9.17) is 5.73 Å². The number of aromatic hydroxyl groups is 1. The number of benzene rings is 2. The summed E-state index contributed by atoms with van der Waals surface area (Å²) < 4.78 is 0. The fourth-order valence-electron chi connectivity index (χ4n) is 8.90. The van der Waals surface area contributed by atoms with Crippen LogP contribution in [-0.4, -0.2) is 62.0 Å². The molecule has 3 aliphatic carbocycles. The first kappa shape index (κ1) is 32.2. The zero-order valence-corrected chi connectivity index (χ0v) is 26.8. The first-order valence-corrected chi connectivity index (χ1v) is 16.3. The van der Waals surface area contributed by atoms with Crippen LogP contribution in [-0.2, 0) is 22.4 Å². The normalized spacial score (nSPS) is 34.5. The van der Waals surface area contributed by atoms with Gasteiger partial charge in [0.15, 0.2) is 17.2 Å². The minimum absolute atomic E-state index is 0.0373. The Kier molecular flexibility index (Phi) is 8.08. The van der Waals surface area contributed by atoms with Crippen molar-refractivity contribution in [2.24, 2.45) is 40.2 Å². The molecule has 2 saturated carbocycles. The first-order chi connectivity index (χ1) is 20.6. The van der Waals surface area contributed by atoms with E-state index in [1.807, 2.05) is 58.2 Å². The lowest BCUT2D eigenvalue weighted by molar-refractivity contribution is -0.265. The number of Topliss-reactive ketones (excluding diaryl/α,β-unsaturated/α-hetero) is 2. The molecule has 9 heteroatoms. The van der Waals surface area contributed by atoms with Crippen LogP contribution in [0.25, 0.3) is 0 Å². The lowest BCUT2D eigenvalue weighted by Crippen LogP contribution is -2.79. The van der Waals surface area contributed by atoms with Gasteiger partial charge in [-0.05, 0) is 84.2 Å². The van der Waals surface area contributed by atoms with Gasteiger partial charge in [-0.25, -0.2) is 0 Å². The summed E-state index contributed by atoms with van der Waals surface area (Å²) in [5.41, 5.74) is 3.22. The Morgan fingerprint density at radius 1 is 1.14 bits per heavy atom. The van der Waals surface area contributed by atoms with Crippen molar-refractivity contribution in [3.63, 3.8) is 0 Å². The van der Waals surface area contributed by atoms with Gasteiger partial charge in [-0.3, -0.25) is 14.4 Å². The number of thioether (sulfide) groups is 1. The number of aliphatic hydroxyl groups excluding tert-OH is 2. The van der Waals surface area contributed by atoms with Crippen LogP contribution < -0.4 is 5.73 Å². The Labute approximate surface area is 262 Å². The third-order valence-corrected chi connectivity index (χ3v) is 11.4. The second-order valence-corrected chi connectivity index (χ2v) is 14.5. The minimum Gasteiger partial charge on any atom is -0.506 e. The molecule has 2 aromatic rings. The molecule has 2 unspecified atom stereocenters. The van der Waals surface area contributed by atoms with Crippen LogP contribution in [0.15, 0.2) is 35.2 Å². The second-order valence-electron chi connectivity index (χ2n) is 13.6. The molecule has 0 saturated heterocycles. The monoisotopic (exact) mass is 619 g/mol. The molecule has 3 aliphatic rings. The number of fused-ring (bicyclic) bond motifs is 3. The molecule has 0 aliphatic heterocycles. The van der Waals surface area contributed by atoms with Crippen LogP contribution in [0, 0.1) is 46.3 Å². The van der Waals surface area contributed by atoms with E-state index in [0.29, 0.717) is 12.0 Å². The number of carbonyl (C=O) groups is 3. The molecule has 0 spiro atoms. The topological polar surface area (TPSA) is 158 Å². The molecule has 0 bridgehead atoms. The Bertz CT molecular complexity index is 1610. The van der Waals surface area contributed by atoms with E-state index < -0.39 is 63.9 Å². The summed E-state index contributed by atoms with van der Waals surface area (Å²) in [7, 11) is 0. The summed E-state index contributed by atoms with van der Waals surface area (Å²) in [5, 5.41) is 47.1. The van der Waals surface area contributed by atoms with Crippen molar-refractivity contribution in [3.8, 4) is 17.6 Å². The van der Waals surface area contributed by atoms with Crippen LogP contribution in [0.4, 0.5) is 0 Å². The van der Waals surface area contributed by atoms with Gasteiger partial charge in [0, 0.05) is 15.9 Å². The standard InChI is InChI=1S/C35H41NO7S/c1-7-19-14-20(11-8-18-9-12-21(44-6)13-10-18)27(37)23-22(19)15-33(4)16-34(5)25(17(2)3)29(39)24(32(36)42)30(40)35(34,43)31(41)26(33)28(23)38/h9-10,12-14,17,24-26,29,31,37,39,41,43H,7,15-16H2,1-6H3,(H2,36,42)/t24-,25+,26-,29?,31?,33-,34-,35+/m1/s1. The van der Waals surface area contributed by atoms with E-state index in [-0.39, 0.29) is 35.6 Å². The van der Waals surface area contributed by atoms with Crippen molar-refractivity contribution in [2.75, 3.05) is 6.26 Å². The van der Waals surface area contributed by atoms with Crippen LogP contribution in [0.5, 0.6) is 5.75 Å². The number of hydrogen-bond acceptors (Lipinski definition) is 8. The van der Waals surface area contributed by atoms with E-state index in [1.165, 1.54) is 0 Å². The number of nitrogens with two attached hydrogens (primary N) is 1. The van der Waals surface area contributed by atoms with Crippen LogP contribution in [0.3, 0.4) is 0 Å². The maximum absolute atomic E-state index is 14.4. The van der Waals surface area contributed by atoms with Crippen molar-refractivity contribution in [2.45, 2.75) is 76.6 Å². The maximum atomic E-state index is 14.4. The van der Waals surface area contributed by atoms with E-state index in [0.717, 1.165) is 16.0 Å². The predicted octanol–water partition coefficient (Wildman–Crippen LogP) is 3.26. The average molecular weight is 620 g/mol. The predicted molar refractivity (Wildman–Crippen MR) is 167 cm³/mol. The zero-order valence-electron chi connectivity index (χ0n) is 26.0. The Morgan fingerprint density at radius 3 is 2.32 bits per heavy atom. The van der Waals surface area contributed by atoms with Gasteiger partial charge in [0.1, 0.15) is 17.8 Å². The molecule has 5 rings (SSSR count). The molecule has 0 aromatic heterocycles. The lowest BCUT2D eigenvalue weighted by Gasteiger charge is -2.66. The van der Waals surface area contributed by atoms with Crippen molar-refractivity contribution in [1.82, 2.24) is 0 Å². The molecule has 0 heterocycles. The molecular formula is C35H41NO7S. The Morgan fingerprint density at radius 2 is 1.77 bits per heavy atom. The molecule has 6 N–H and O–H groups in total. The van der Waals surface area contributed by atoms with Crippen molar-refractivity contribution < 1.29 is 34.8 Å². The van der Waals surface area contributed by atoms with Crippen LogP contribution >= 0.6 is 11.8 Å². The third-order valence-electron chi connectivity index (χ3n) is 10.7. The van der Waals surface area contributed by atoms with E-state index in [2.05, 4.69) is 11.8 Å². The number of rotatable bonds is 4. The number of amides is 1. The molecule has 1 amide bonds. The molecule has 234 valence electrons. The second kappa shape index (κ2) is 11.0. The van der Waals surface area contributed by atoms with Gasteiger partial charge in [0.25, 0.3) is 0 Å². The van der Waals surface area contributed by atoms with Crippen molar-refractivity contribution in [1.29, 1.82) is 0 Å². The summed E-state index contributed by atoms with van der Waals surface area (Å²) in [6.07, 6.45) is -0.436. The fourth-order valence-corrected chi connectivity index (χ4v) is 9.31. The molecule has 44 heavy (non-hydrogen) atoms. The first-order valence-electron chi connectivity index (χ1n) is 15.1. The van der Waals surface area contributed by atoms with Crippen molar-refractivity contribution >= 4 is 29.2 Å². The van der Waals surface area contributed by atoms with Gasteiger partial charge in [0.05, 0.1) is 23.1 Å². The smallest absolute Gasteiger partial charge is 0.230 e. The zero-order chi connectivity index (χ0) is 32.5. The minimum atomic E-state index is -2.54. The van der Waals surface area contributed by atoms with E-state index >= 15 is 0 Å². The summed E-state index contributed by atoms with van der Waals surface area (Å²) in [6.45, 7) is 9.10. The number of primary amides is 1. The number of phenolic OH excluding ortho intramolecular Hbond substituents is 1. The third kappa shape index (κ3) is 4.45. The number of aliphatic hydroxyl groups is 3. The van der Waals surface area contributed by atoms with Crippen molar-refractivity contribution in [3.05, 3.63) is 58.1 Å². The summed E-state index contributed by atoms with van der Waals surface area (Å²) in [5.74, 6) is -1.09. The Hall–Kier alpha value is -3.16. The number of ketones is 2. The van der Waals surface area contributed by atoms with Gasteiger partial charge in [-0.15, -0.1) is 11.8 Å². The molecule has 2 aromatic carbocycles. The molecular weight excluding hydrogens is 578 g/mol. The molecule has 8 nitrogen and oxygen atoms in total. The van der Waals surface area contributed by atoms with Gasteiger partial charge >= 0.3 is 0 Å². The Balaban J connectivity index is 1.67. The summed E-state index contributed by atoms with van der Waals surface area (Å²) in [6, 6.07) is 9.45. The summed E-state index contributed by atoms with van der Waals surface area (Å²) in [4.78, 5) is 41.8. The summed E-state index contributed by atoms with van der Waals surface area (Å²) >= 11 is 1.61. The van der Waals surface area contributed by atoms with Crippen LogP contribution in [0.2, 0.25) is 0 Å². The lowest BCUT2D eigenvalue weighted by atomic mass is 9.39. The van der Waals surface area contributed by atoms with E-state index in [1.54, 1.807) is 24.8 Å². The molecule has 8 atom stereocenters. The number of phenols is 1. The quantitative estimate of drug-likeness (QED) is 0.198. The highest BCUT2D eigenvalue weighted by Gasteiger charge is 2.75. The van der Waals surface area contributed by atoms with Gasteiger partial charge in [-0.2, -0.15) is 0 Å². The molecule has 2 fully saturated rings. The SMILES string of the molecule is CCc1cc(C#Cc2ccc(SC)cc2)c(O)c2c1C[C@]1(C)C[C@]3(C)[C@@H](C(C)C)C(O)[C@@H](C(N)=O)C(=O)[C@]3(O)C(O)[C@H]1C2=O. The number of aryl methyl sites for hydroxylation is 1. The largest absolute Gasteiger partial charge is 0.506 e. The van der Waals surface area contributed by atoms with E-state index in [9.17, 15) is 34.8 Å².